The van der Waals surface area contributed by atoms with Crippen LogP contribution in [-0.4, -0.2) is 18.8 Å². The molecule has 1 atom stereocenters. The molecule has 0 fully saturated rings. The number of hydrogen-bond donors (Lipinski definition) is 0. The van der Waals surface area contributed by atoms with E-state index < -0.39 is 12.1 Å². The van der Waals surface area contributed by atoms with Gasteiger partial charge in [-0.3, -0.25) is 0 Å². The fourth-order valence-electron chi connectivity index (χ4n) is 1.16. The maximum absolute atomic E-state index is 11.8. The van der Waals surface area contributed by atoms with Gasteiger partial charge in [-0.1, -0.05) is 37.3 Å². The van der Waals surface area contributed by atoms with Gasteiger partial charge in [-0.15, -0.1) is 0 Å². The van der Waals surface area contributed by atoms with Gasteiger partial charge in [-0.25, -0.2) is 4.79 Å². The van der Waals surface area contributed by atoms with Crippen molar-refractivity contribution in [3.63, 3.8) is 0 Å². The predicted octanol–water partition coefficient (Wildman–Crippen LogP) is 2.90. The second-order valence-corrected chi connectivity index (χ2v) is 3.41. The molecule has 0 heterocycles. The Hall–Kier alpha value is -1.52. The van der Waals surface area contributed by atoms with Crippen molar-refractivity contribution in [2.24, 2.45) is 0 Å². The van der Waals surface area contributed by atoms with Gasteiger partial charge in [0, 0.05) is 5.92 Å². The summed E-state index contributed by atoms with van der Waals surface area (Å²) in [6, 6.07) is 8.89. The molecule has 0 amide bonds. The van der Waals surface area contributed by atoms with Crippen molar-refractivity contribution in [2.45, 2.75) is 19.0 Å². The second kappa shape index (κ2) is 5.01. The molecule has 0 N–H and O–H groups in total. The largest absolute Gasteiger partial charge is 0.490 e. The number of hydrogen-bond acceptors (Lipinski definition) is 2. The monoisotopic (exact) mass is 232 g/mol. The summed E-state index contributed by atoms with van der Waals surface area (Å²) in [5.41, 5.74) is 0.831. The Balaban J connectivity index is 2.48. The van der Waals surface area contributed by atoms with Crippen LogP contribution in [0.2, 0.25) is 0 Å². The molecule has 0 saturated carbocycles. The molecule has 0 radical (unpaired) electrons. The van der Waals surface area contributed by atoms with Crippen LogP contribution in [0.5, 0.6) is 0 Å². The average molecular weight is 232 g/mol. The summed E-state index contributed by atoms with van der Waals surface area (Å²) in [5, 5.41) is 0. The Labute approximate surface area is 91.0 Å². The third kappa shape index (κ3) is 3.56. The number of alkyl halides is 3. The highest BCUT2D eigenvalue weighted by molar-refractivity contribution is 5.75. The standard InChI is InChI=1S/C11H11F3O2/c1-8(9-5-3-2-4-6-9)7-16-10(15)11(12,13)14/h2-6,8H,7H2,1H3. The van der Waals surface area contributed by atoms with Gasteiger partial charge in [-0.2, -0.15) is 13.2 Å². The highest BCUT2D eigenvalue weighted by Crippen LogP contribution is 2.19. The molecule has 0 spiro atoms. The minimum absolute atomic E-state index is 0.257. The lowest BCUT2D eigenvalue weighted by Gasteiger charge is -2.13. The number of rotatable bonds is 3. The third-order valence-corrected chi connectivity index (χ3v) is 2.06. The van der Waals surface area contributed by atoms with Crippen LogP contribution in [-0.2, 0) is 9.53 Å². The topological polar surface area (TPSA) is 26.3 Å². The molecule has 0 aliphatic heterocycles. The summed E-state index contributed by atoms with van der Waals surface area (Å²) in [6.45, 7) is 1.42. The van der Waals surface area contributed by atoms with Gasteiger partial charge in [-0.05, 0) is 5.56 Å². The smallest absolute Gasteiger partial charge is 0.458 e. The van der Waals surface area contributed by atoms with E-state index in [1.807, 2.05) is 0 Å². The van der Waals surface area contributed by atoms with Gasteiger partial charge < -0.3 is 4.74 Å². The van der Waals surface area contributed by atoms with E-state index in [1.165, 1.54) is 0 Å². The fourth-order valence-corrected chi connectivity index (χ4v) is 1.16. The summed E-state index contributed by atoms with van der Waals surface area (Å²) in [6.07, 6.45) is -4.92. The zero-order chi connectivity index (χ0) is 12.2. The van der Waals surface area contributed by atoms with Gasteiger partial charge in [0.15, 0.2) is 0 Å². The Kier molecular flexibility index (Phi) is 3.93. The Bertz CT molecular complexity index is 346. The first-order valence-corrected chi connectivity index (χ1v) is 4.70. The molecule has 5 heteroatoms. The Morgan fingerprint density at radius 3 is 2.38 bits per heavy atom. The first-order valence-electron chi connectivity index (χ1n) is 4.70. The summed E-state index contributed by atoms with van der Waals surface area (Å²) >= 11 is 0. The minimum atomic E-state index is -4.92. The lowest BCUT2D eigenvalue weighted by molar-refractivity contribution is -0.200. The molecule has 1 aromatic carbocycles. The zero-order valence-corrected chi connectivity index (χ0v) is 8.62. The van der Waals surface area contributed by atoms with Gasteiger partial charge >= 0.3 is 12.1 Å². The van der Waals surface area contributed by atoms with E-state index in [2.05, 4.69) is 4.74 Å². The maximum atomic E-state index is 11.8. The van der Waals surface area contributed by atoms with Crippen molar-refractivity contribution >= 4 is 5.97 Å². The molecule has 1 aromatic rings. The first-order chi connectivity index (χ1) is 7.41. The van der Waals surface area contributed by atoms with E-state index in [1.54, 1.807) is 37.3 Å². The van der Waals surface area contributed by atoms with E-state index in [4.69, 9.17) is 0 Å². The number of esters is 1. The van der Waals surface area contributed by atoms with Crippen molar-refractivity contribution in [3.8, 4) is 0 Å². The summed E-state index contributed by atoms with van der Waals surface area (Å²) in [4.78, 5) is 10.5. The molecule has 0 aliphatic rings. The van der Waals surface area contributed by atoms with Crippen LogP contribution in [0, 0.1) is 0 Å². The minimum Gasteiger partial charge on any atom is -0.458 e. The molecular weight excluding hydrogens is 221 g/mol. The van der Waals surface area contributed by atoms with Crippen LogP contribution in [0.4, 0.5) is 13.2 Å². The highest BCUT2D eigenvalue weighted by Gasteiger charge is 2.41. The summed E-state index contributed by atoms with van der Waals surface area (Å²) < 4.78 is 39.6. The number of benzene rings is 1. The normalized spacial score (nSPS) is 13.2. The van der Waals surface area contributed by atoms with Gasteiger partial charge in [0.25, 0.3) is 0 Å². The molecule has 16 heavy (non-hydrogen) atoms. The van der Waals surface area contributed by atoms with Crippen molar-refractivity contribution in [2.75, 3.05) is 6.61 Å². The van der Waals surface area contributed by atoms with Crippen molar-refractivity contribution in [1.29, 1.82) is 0 Å². The van der Waals surface area contributed by atoms with Gasteiger partial charge in [0.05, 0.1) is 6.61 Å². The molecule has 0 aromatic heterocycles. The number of carbonyl (C=O) groups is 1. The van der Waals surface area contributed by atoms with Gasteiger partial charge in [0.2, 0.25) is 0 Å². The molecule has 0 saturated heterocycles. The average Bonchev–Trinajstić information content (AvgIpc) is 2.25. The van der Waals surface area contributed by atoms with E-state index in [-0.39, 0.29) is 12.5 Å². The number of halogens is 3. The molecule has 1 rings (SSSR count). The van der Waals surface area contributed by atoms with Crippen LogP contribution >= 0.6 is 0 Å². The Morgan fingerprint density at radius 1 is 1.31 bits per heavy atom. The molecule has 0 aliphatic carbocycles. The third-order valence-electron chi connectivity index (χ3n) is 2.06. The summed E-state index contributed by atoms with van der Waals surface area (Å²) in [5.74, 6) is -2.40. The molecule has 1 unspecified atom stereocenters. The number of ether oxygens (including phenoxy) is 1. The fraction of sp³-hybridized carbons (Fsp3) is 0.364. The van der Waals surface area contributed by atoms with Crippen molar-refractivity contribution < 1.29 is 22.7 Å². The van der Waals surface area contributed by atoms with Crippen LogP contribution in [0.3, 0.4) is 0 Å². The Morgan fingerprint density at radius 2 is 1.88 bits per heavy atom. The number of carbonyl (C=O) groups excluding carboxylic acids is 1. The van der Waals surface area contributed by atoms with Crippen molar-refractivity contribution in [3.05, 3.63) is 35.9 Å². The maximum Gasteiger partial charge on any atom is 0.490 e. The van der Waals surface area contributed by atoms with E-state index >= 15 is 0 Å². The van der Waals surface area contributed by atoms with E-state index in [0.29, 0.717) is 0 Å². The zero-order valence-electron chi connectivity index (χ0n) is 8.62. The highest BCUT2D eigenvalue weighted by atomic mass is 19.4. The van der Waals surface area contributed by atoms with Crippen molar-refractivity contribution in [1.82, 2.24) is 0 Å². The van der Waals surface area contributed by atoms with Crippen LogP contribution < -0.4 is 0 Å². The molecular formula is C11H11F3O2. The molecule has 0 bridgehead atoms. The quantitative estimate of drug-likeness (QED) is 0.749. The predicted molar refractivity (Wildman–Crippen MR) is 51.9 cm³/mol. The lowest BCUT2D eigenvalue weighted by atomic mass is 10.0. The summed E-state index contributed by atoms with van der Waals surface area (Å²) in [7, 11) is 0. The van der Waals surface area contributed by atoms with E-state index in [9.17, 15) is 18.0 Å². The second-order valence-electron chi connectivity index (χ2n) is 3.41. The lowest BCUT2D eigenvalue weighted by Crippen LogP contribution is -2.26. The van der Waals surface area contributed by atoms with Crippen LogP contribution in [0.1, 0.15) is 18.4 Å². The van der Waals surface area contributed by atoms with Gasteiger partial charge in [0.1, 0.15) is 0 Å². The molecule has 2 nitrogen and oxygen atoms in total. The van der Waals surface area contributed by atoms with Crippen LogP contribution in [0.25, 0.3) is 0 Å². The van der Waals surface area contributed by atoms with E-state index in [0.717, 1.165) is 5.56 Å². The SMILES string of the molecule is CC(COC(=O)C(F)(F)F)c1ccccc1. The van der Waals surface area contributed by atoms with Crippen LogP contribution in [0.15, 0.2) is 30.3 Å². The first kappa shape index (κ1) is 12.5. The molecule has 88 valence electrons.